The fourth-order valence-corrected chi connectivity index (χ4v) is 2.89. The molecule has 0 fully saturated rings. The summed E-state index contributed by atoms with van der Waals surface area (Å²) in [7, 11) is -2.21. The summed E-state index contributed by atoms with van der Waals surface area (Å²) in [5, 5.41) is 9.09. The van der Waals surface area contributed by atoms with Crippen molar-refractivity contribution in [1.82, 2.24) is 4.72 Å². The molecule has 0 aliphatic carbocycles. The average molecular weight is 287 g/mol. The average Bonchev–Trinajstić information content (AvgIpc) is 2.43. The summed E-state index contributed by atoms with van der Waals surface area (Å²) in [4.78, 5) is 0.0600. The lowest BCUT2D eigenvalue weighted by atomic mass is 10.1. The molecule has 0 saturated heterocycles. The van der Waals surface area contributed by atoms with Gasteiger partial charge in [0.1, 0.15) is 10.6 Å². The van der Waals surface area contributed by atoms with Gasteiger partial charge in [0.15, 0.2) is 0 Å². The van der Waals surface area contributed by atoms with E-state index in [0.717, 1.165) is 6.42 Å². The predicted molar refractivity (Wildman–Crippen MR) is 73.6 cm³/mol. The van der Waals surface area contributed by atoms with Crippen molar-refractivity contribution in [2.45, 2.75) is 31.8 Å². The number of rotatable bonds is 7. The van der Waals surface area contributed by atoms with E-state index in [1.807, 2.05) is 13.8 Å². The van der Waals surface area contributed by atoms with Crippen molar-refractivity contribution in [2.75, 3.05) is 13.7 Å². The normalized spacial score (nSPS) is 13.3. The fourth-order valence-electron chi connectivity index (χ4n) is 1.50. The van der Waals surface area contributed by atoms with Crippen LogP contribution in [0.3, 0.4) is 0 Å². The molecule has 0 aromatic heterocycles. The van der Waals surface area contributed by atoms with E-state index in [-0.39, 0.29) is 23.2 Å². The Balaban J connectivity index is 3.05. The van der Waals surface area contributed by atoms with Gasteiger partial charge in [0, 0.05) is 6.54 Å². The molecule has 5 nitrogen and oxygen atoms in total. The largest absolute Gasteiger partial charge is 0.495 e. The van der Waals surface area contributed by atoms with Crippen LogP contribution in [0.25, 0.3) is 0 Å². The van der Waals surface area contributed by atoms with E-state index in [2.05, 4.69) is 4.72 Å². The van der Waals surface area contributed by atoms with E-state index < -0.39 is 10.0 Å². The Morgan fingerprint density at radius 2 is 2.11 bits per heavy atom. The van der Waals surface area contributed by atoms with E-state index in [1.165, 1.54) is 13.2 Å². The van der Waals surface area contributed by atoms with Crippen LogP contribution >= 0.6 is 0 Å². The maximum Gasteiger partial charge on any atom is 0.244 e. The molecule has 1 rings (SSSR count). The molecule has 0 heterocycles. The Bertz CT molecular complexity index is 513. The van der Waals surface area contributed by atoms with E-state index in [1.54, 1.807) is 12.1 Å². The molecule has 0 spiro atoms. The zero-order chi connectivity index (χ0) is 14.5. The van der Waals surface area contributed by atoms with Crippen molar-refractivity contribution in [1.29, 1.82) is 0 Å². The first-order chi connectivity index (χ1) is 8.94. The highest BCUT2D eigenvalue weighted by Gasteiger charge is 2.20. The molecule has 0 radical (unpaired) electrons. The molecule has 6 heteroatoms. The molecule has 0 saturated carbocycles. The van der Waals surface area contributed by atoms with Gasteiger partial charge in [-0.15, -0.1) is 0 Å². The van der Waals surface area contributed by atoms with Crippen LogP contribution in [0.5, 0.6) is 5.75 Å². The second-order valence-electron chi connectivity index (χ2n) is 4.51. The van der Waals surface area contributed by atoms with Crippen LogP contribution in [0.4, 0.5) is 0 Å². The smallest absolute Gasteiger partial charge is 0.244 e. The molecule has 0 amide bonds. The van der Waals surface area contributed by atoms with Crippen molar-refractivity contribution in [3.8, 4) is 5.75 Å². The number of ether oxygens (including phenoxy) is 1. The van der Waals surface area contributed by atoms with Gasteiger partial charge in [-0.1, -0.05) is 26.3 Å². The van der Waals surface area contributed by atoms with Crippen molar-refractivity contribution in [3.05, 3.63) is 23.8 Å². The Morgan fingerprint density at radius 3 is 2.63 bits per heavy atom. The molecule has 1 unspecified atom stereocenters. The first kappa shape index (κ1) is 15.9. The van der Waals surface area contributed by atoms with Gasteiger partial charge < -0.3 is 9.84 Å². The van der Waals surface area contributed by atoms with E-state index in [9.17, 15) is 8.42 Å². The maximum absolute atomic E-state index is 12.2. The summed E-state index contributed by atoms with van der Waals surface area (Å²) in [6.07, 6.45) is 0.899. The molecule has 108 valence electrons. The van der Waals surface area contributed by atoms with Crippen LogP contribution in [0.2, 0.25) is 0 Å². The molecule has 0 aliphatic rings. The topological polar surface area (TPSA) is 75.6 Å². The number of hydrogen-bond acceptors (Lipinski definition) is 4. The number of methoxy groups -OCH3 is 1. The number of nitrogens with one attached hydrogen (secondary N) is 1. The fraction of sp³-hybridized carbons (Fsp3) is 0.538. The van der Waals surface area contributed by atoms with Gasteiger partial charge in [0.05, 0.1) is 13.7 Å². The minimum atomic E-state index is -3.63. The summed E-state index contributed by atoms with van der Waals surface area (Å²) in [6.45, 7) is 4.15. The number of aliphatic hydroxyl groups excluding tert-OH is 1. The molecular weight excluding hydrogens is 266 g/mol. The molecular formula is C13H21NO4S. The van der Waals surface area contributed by atoms with Gasteiger partial charge in [-0.05, 0) is 23.6 Å². The van der Waals surface area contributed by atoms with Gasteiger partial charge in [-0.25, -0.2) is 13.1 Å². The maximum atomic E-state index is 12.2. The molecule has 0 aliphatic heterocycles. The van der Waals surface area contributed by atoms with Gasteiger partial charge >= 0.3 is 0 Å². The van der Waals surface area contributed by atoms with Crippen LogP contribution in [0, 0.1) is 5.92 Å². The van der Waals surface area contributed by atoms with Crippen molar-refractivity contribution >= 4 is 10.0 Å². The Kier molecular flexibility index (Phi) is 5.78. The minimum absolute atomic E-state index is 0.0600. The van der Waals surface area contributed by atoms with Crippen LogP contribution in [-0.2, 0) is 16.6 Å². The molecule has 19 heavy (non-hydrogen) atoms. The summed E-state index contributed by atoms with van der Waals surface area (Å²) < 4.78 is 32.1. The second kappa shape index (κ2) is 6.88. The lowest BCUT2D eigenvalue weighted by molar-refractivity contribution is 0.281. The Labute approximate surface area is 114 Å². The van der Waals surface area contributed by atoms with Crippen molar-refractivity contribution in [2.24, 2.45) is 5.92 Å². The highest BCUT2D eigenvalue weighted by molar-refractivity contribution is 7.89. The second-order valence-corrected chi connectivity index (χ2v) is 6.24. The van der Waals surface area contributed by atoms with Crippen LogP contribution < -0.4 is 9.46 Å². The summed E-state index contributed by atoms with van der Waals surface area (Å²) in [5.41, 5.74) is 0.532. The molecule has 1 atom stereocenters. The third kappa shape index (κ3) is 4.19. The zero-order valence-electron chi connectivity index (χ0n) is 11.5. The van der Waals surface area contributed by atoms with E-state index >= 15 is 0 Å². The summed E-state index contributed by atoms with van der Waals surface area (Å²) in [6, 6.07) is 4.60. The highest BCUT2D eigenvalue weighted by Crippen LogP contribution is 2.25. The van der Waals surface area contributed by atoms with Crippen LogP contribution in [0.15, 0.2) is 23.1 Å². The number of hydrogen-bond donors (Lipinski definition) is 2. The Hall–Kier alpha value is -1.11. The molecule has 1 aromatic rings. The SMILES string of the molecule is CCC(C)CNS(=O)(=O)c1cc(CO)ccc1OC. The third-order valence-electron chi connectivity index (χ3n) is 3.02. The standard InChI is InChI=1S/C13H21NO4S/c1-4-10(2)8-14-19(16,17)13-7-11(9-15)5-6-12(13)18-3/h5-7,10,14-15H,4,8-9H2,1-3H3. The summed E-state index contributed by atoms with van der Waals surface area (Å²) >= 11 is 0. The van der Waals surface area contributed by atoms with Gasteiger partial charge in [-0.3, -0.25) is 0 Å². The zero-order valence-corrected chi connectivity index (χ0v) is 12.3. The third-order valence-corrected chi connectivity index (χ3v) is 4.46. The highest BCUT2D eigenvalue weighted by atomic mass is 32.2. The van der Waals surface area contributed by atoms with E-state index in [4.69, 9.17) is 9.84 Å². The number of aliphatic hydroxyl groups is 1. The van der Waals surface area contributed by atoms with Gasteiger partial charge in [0.25, 0.3) is 0 Å². The molecule has 1 aromatic carbocycles. The van der Waals surface area contributed by atoms with E-state index in [0.29, 0.717) is 12.1 Å². The predicted octanol–water partition coefficient (Wildman–Crippen LogP) is 1.51. The quantitative estimate of drug-likeness (QED) is 0.797. The molecule has 2 N–H and O–H groups in total. The number of sulfonamides is 1. The molecule has 0 bridgehead atoms. The summed E-state index contributed by atoms with van der Waals surface area (Å²) in [5.74, 6) is 0.538. The van der Waals surface area contributed by atoms with Crippen LogP contribution in [-0.4, -0.2) is 27.2 Å². The first-order valence-electron chi connectivity index (χ1n) is 6.22. The van der Waals surface area contributed by atoms with Crippen LogP contribution in [0.1, 0.15) is 25.8 Å². The lowest BCUT2D eigenvalue weighted by Crippen LogP contribution is -2.28. The number of benzene rings is 1. The minimum Gasteiger partial charge on any atom is -0.495 e. The Morgan fingerprint density at radius 1 is 1.42 bits per heavy atom. The monoisotopic (exact) mass is 287 g/mol. The first-order valence-corrected chi connectivity index (χ1v) is 7.70. The van der Waals surface area contributed by atoms with Gasteiger partial charge in [-0.2, -0.15) is 0 Å². The lowest BCUT2D eigenvalue weighted by Gasteiger charge is -2.14. The van der Waals surface area contributed by atoms with Gasteiger partial charge in [0.2, 0.25) is 10.0 Å². The van der Waals surface area contributed by atoms with Crippen molar-refractivity contribution < 1.29 is 18.3 Å². The van der Waals surface area contributed by atoms with Crippen molar-refractivity contribution in [3.63, 3.8) is 0 Å².